The highest BCUT2D eigenvalue weighted by Gasteiger charge is 2.53. The molecule has 13 atom stereocenters. The van der Waals surface area contributed by atoms with E-state index in [0.29, 0.717) is 12.8 Å². The fourth-order valence-electron chi connectivity index (χ4n) is 9.43. The van der Waals surface area contributed by atoms with E-state index in [1.807, 2.05) is 25.9 Å². The number of aliphatic hydroxyl groups is 2. The van der Waals surface area contributed by atoms with Crippen LogP contribution in [0.25, 0.3) is 0 Å². The van der Waals surface area contributed by atoms with Crippen molar-refractivity contribution in [3.8, 4) is 11.5 Å². The average Bonchev–Trinajstić information content (AvgIpc) is 3.19. The van der Waals surface area contributed by atoms with Gasteiger partial charge in [0.1, 0.15) is 35.7 Å². The van der Waals surface area contributed by atoms with Crippen molar-refractivity contribution in [3.05, 3.63) is 57.6 Å². The maximum atomic E-state index is 14.2. The molecule has 0 aromatic heterocycles. The number of carbonyl (C=O) groups excluding carboxylic acids is 4. The fourth-order valence-corrected chi connectivity index (χ4v) is 9.43. The molecule has 3 aliphatic heterocycles. The summed E-state index contributed by atoms with van der Waals surface area (Å²) in [5.41, 5.74) is -1.84. The van der Waals surface area contributed by atoms with Crippen molar-refractivity contribution in [1.29, 1.82) is 0 Å². The summed E-state index contributed by atoms with van der Waals surface area (Å²) < 4.78 is 48.2. The van der Waals surface area contributed by atoms with Crippen LogP contribution < -0.4 is 4.74 Å². The number of benzene rings is 2. The van der Waals surface area contributed by atoms with Gasteiger partial charge in [-0.3, -0.25) is 19.2 Å². The summed E-state index contributed by atoms with van der Waals surface area (Å²) in [6, 6.07) is 5.70. The maximum Gasteiger partial charge on any atom is 0.316 e. The van der Waals surface area contributed by atoms with Crippen molar-refractivity contribution in [1.82, 2.24) is 4.90 Å². The lowest BCUT2D eigenvalue weighted by molar-refractivity contribution is -0.324. The Bertz CT molecular complexity index is 1960. The molecular weight excluding hydrogens is 770 g/mol. The van der Waals surface area contributed by atoms with Crippen LogP contribution >= 0.6 is 0 Å². The van der Waals surface area contributed by atoms with Gasteiger partial charge in [-0.2, -0.15) is 0 Å². The van der Waals surface area contributed by atoms with Gasteiger partial charge in [0.25, 0.3) is 0 Å². The molecule has 2 aromatic carbocycles. The zero-order valence-corrected chi connectivity index (χ0v) is 34.7. The van der Waals surface area contributed by atoms with Crippen molar-refractivity contribution in [2.24, 2.45) is 0 Å². The Hall–Kier alpha value is -3.84. The van der Waals surface area contributed by atoms with Gasteiger partial charge in [0.2, 0.25) is 5.78 Å². The Morgan fingerprint density at radius 2 is 1.58 bits per heavy atom. The number of ketones is 3. The summed E-state index contributed by atoms with van der Waals surface area (Å²) in [5.74, 6) is -3.66. The first-order valence-electron chi connectivity index (χ1n) is 20.3. The van der Waals surface area contributed by atoms with Gasteiger partial charge in [-0.15, -0.1) is 0 Å². The molecule has 0 saturated carbocycles. The summed E-state index contributed by atoms with van der Waals surface area (Å²) in [4.78, 5) is 55.5. The van der Waals surface area contributed by atoms with Crippen LogP contribution in [-0.2, 0) is 42.7 Å². The molecule has 3 heterocycles. The highest BCUT2D eigenvalue weighted by atomic mass is 16.7. The molecule has 0 amide bonds. The molecule has 0 radical (unpaired) electrons. The molecule has 0 bridgehead atoms. The largest absolute Gasteiger partial charge is 0.507 e. The highest BCUT2D eigenvalue weighted by molar-refractivity contribution is 6.30. The average molecular weight is 826 g/mol. The van der Waals surface area contributed by atoms with Gasteiger partial charge in [-0.05, 0) is 59.0 Å². The van der Waals surface area contributed by atoms with Crippen molar-refractivity contribution in [2.75, 3.05) is 28.3 Å². The molecule has 2 aliphatic carbocycles. The number of esters is 1. The van der Waals surface area contributed by atoms with Crippen LogP contribution in [0, 0.1) is 0 Å². The van der Waals surface area contributed by atoms with Crippen LogP contribution in [0.4, 0.5) is 0 Å². The minimum absolute atomic E-state index is 0.00684. The molecule has 5 aliphatic rings. The second-order valence-electron chi connectivity index (χ2n) is 16.5. The lowest BCUT2D eigenvalue weighted by atomic mass is 9.67. The number of ether oxygens (including phenoxy) is 8. The molecule has 16 nitrogen and oxygen atoms in total. The summed E-state index contributed by atoms with van der Waals surface area (Å²) in [5, 5.41) is 35.4. The van der Waals surface area contributed by atoms with Gasteiger partial charge >= 0.3 is 5.97 Å². The lowest BCUT2D eigenvalue weighted by Crippen LogP contribution is -2.58. The normalized spacial score (nSPS) is 35.8. The van der Waals surface area contributed by atoms with Gasteiger partial charge < -0.3 is 58.1 Å². The summed E-state index contributed by atoms with van der Waals surface area (Å²) in [6.45, 7) is 7.00. The minimum Gasteiger partial charge on any atom is -0.507 e. The monoisotopic (exact) mass is 825 g/mol. The Labute approximate surface area is 342 Å². The van der Waals surface area contributed by atoms with E-state index in [0.717, 1.165) is 0 Å². The number of carbonyl (C=O) groups is 4. The molecule has 0 unspecified atom stereocenters. The van der Waals surface area contributed by atoms with E-state index < -0.39 is 96.4 Å². The molecular formula is C43H55NO15. The summed E-state index contributed by atoms with van der Waals surface area (Å²) in [7, 11) is 6.34. The molecule has 3 fully saturated rings. The standard InChI is InChI=1S/C43H55NO15/c1-9-43(51)18-29(34-23(36(43)42(50)53-8)15-24-35(39(34)49)38(48)33-22(37(24)47)11-10-12-28(33)52-7)57-31-16-25(44(5)6)40(20(3)55-31)59-32-17-27(46)41(21(4)56-32)58-30-14-13-26(45)19(2)54-30/h10-12,15,19-21,25,27,29-32,36,40-41,46,49,51H,9,13-14,16-18H2,1-8H3/t19-,20-,21-,25-,27-,29-,30-,31-,32-,36-,40+,41+,43+/m0/s1. The number of hydrogen-bond acceptors (Lipinski definition) is 16. The van der Waals surface area contributed by atoms with Crippen LogP contribution in [0.5, 0.6) is 11.5 Å². The first kappa shape index (κ1) is 43.3. The lowest BCUT2D eigenvalue weighted by Gasteiger charge is -2.48. The van der Waals surface area contributed by atoms with Crippen molar-refractivity contribution in [2.45, 2.75) is 145 Å². The molecule has 59 heavy (non-hydrogen) atoms. The Balaban J connectivity index is 1.14. The molecule has 3 saturated heterocycles. The van der Waals surface area contributed by atoms with Gasteiger partial charge in [0.05, 0.1) is 55.4 Å². The van der Waals surface area contributed by atoms with Crippen molar-refractivity contribution >= 4 is 23.3 Å². The number of hydrogen-bond donors (Lipinski definition) is 3. The van der Waals surface area contributed by atoms with E-state index in [-0.39, 0.29) is 76.6 Å². The predicted octanol–water partition coefficient (Wildman–Crippen LogP) is 3.46. The van der Waals surface area contributed by atoms with E-state index in [1.54, 1.807) is 32.9 Å². The number of rotatable bonds is 10. The molecule has 2 aromatic rings. The van der Waals surface area contributed by atoms with Gasteiger partial charge in [0.15, 0.2) is 30.4 Å². The van der Waals surface area contributed by atoms with Crippen LogP contribution in [0.3, 0.4) is 0 Å². The Kier molecular flexibility index (Phi) is 12.4. The zero-order chi connectivity index (χ0) is 42.7. The van der Waals surface area contributed by atoms with Crippen LogP contribution in [-0.4, -0.2) is 139 Å². The Morgan fingerprint density at radius 1 is 0.898 bits per heavy atom. The van der Waals surface area contributed by atoms with Gasteiger partial charge in [-0.1, -0.05) is 19.1 Å². The topological polar surface area (TPSA) is 206 Å². The third-order valence-electron chi connectivity index (χ3n) is 12.6. The van der Waals surface area contributed by atoms with Crippen LogP contribution in [0.15, 0.2) is 24.3 Å². The third kappa shape index (κ3) is 7.83. The molecule has 16 heteroatoms. The molecule has 3 N–H and O–H groups in total. The van der Waals surface area contributed by atoms with E-state index in [4.69, 9.17) is 37.9 Å². The number of phenols is 1. The molecule has 7 rings (SSSR count). The minimum atomic E-state index is -1.74. The number of fused-ring (bicyclic) bond motifs is 3. The zero-order valence-electron chi connectivity index (χ0n) is 34.7. The van der Waals surface area contributed by atoms with Gasteiger partial charge in [0, 0.05) is 54.8 Å². The summed E-state index contributed by atoms with van der Waals surface area (Å²) >= 11 is 0. The number of Topliss-reactive ketones (excluding diaryl/α,β-unsaturated/α-hetero) is 1. The SMILES string of the molecule is CC[C@@]1(O)C[C@H](O[C@H]2C[C@H](N(C)C)[C@H](O[C@H]3C[C@H](O)[C@H](O[C@H]4CCC(=O)[C@H](C)O4)[C@H](C)O3)[C@H](C)O2)c2c(cc3c(c2O)C(=O)c2c(OC)cccc2C3=O)[C@H]1C(=O)OC. The number of aliphatic hydroxyl groups excluding tert-OH is 1. The number of likely N-dealkylation sites (N-methyl/N-ethyl adjacent to an activating group) is 1. The Morgan fingerprint density at radius 3 is 2.20 bits per heavy atom. The summed E-state index contributed by atoms with van der Waals surface area (Å²) in [6.07, 6.45) is -6.46. The first-order chi connectivity index (χ1) is 28.0. The van der Waals surface area contributed by atoms with E-state index in [2.05, 4.69) is 0 Å². The van der Waals surface area contributed by atoms with Crippen molar-refractivity contribution in [3.63, 3.8) is 0 Å². The van der Waals surface area contributed by atoms with Crippen molar-refractivity contribution < 1.29 is 72.4 Å². The fraction of sp³-hybridized carbons (Fsp3) is 0.628. The second kappa shape index (κ2) is 16.9. The van der Waals surface area contributed by atoms with E-state index in [9.17, 15) is 34.5 Å². The smallest absolute Gasteiger partial charge is 0.316 e. The molecule has 0 spiro atoms. The van der Waals surface area contributed by atoms with Gasteiger partial charge in [-0.25, -0.2) is 0 Å². The quantitative estimate of drug-likeness (QED) is 0.250. The number of methoxy groups -OCH3 is 2. The van der Waals surface area contributed by atoms with Crippen LogP contribution in [0.1, 0.15) is 121 Å². The predicted molar refractivity (Wildman–Crippen MR) is 206 cm³/mol. The maximum absolute atomic E-state index is 14.2. The van der Waals surface area contributed by atoms with Crippen LogP contribution in [0.2, 0.25) is 0 Å². The van der Waals surface area contributed by atoms with E-state index in [1.165, 1.54) is 26.4 Å². The first-order valence-corrected chi connectivity index (χ1v) is 20.3. The number of nitrogens with zero attached hydrogens (tertiary/aromatic N) is 1. The number of phenolic OH excluding ortho intramolecular Hbond substituents is 1. The van der Waals surface area contributed by atoms with E-state index >= 15 is 0 Å². The molecule has 322 valence electrons. The third-order valence-corrected chi connectivity index (χ3v) is 12.6. The highest BCUT2D eigenvalue weighted by Crippen LogP contribution is 2.54. The number of aromatic hydroxyl groups is 1. The second-order valence-corrected chi connectivity index (χ2v) is 16.5.